The summed E-state index contributed by atoms with van der Waals surface area (Å²) in [6.45, 7) is 1.76. The average Bonchev–Trinajstić information content (AvgIpc) is 2.70. The molecule has 1 aliphatic carbocycles. The lowest BCUT2D eigenvalue weighted by atomic mass is 10.1. The Balaban J connectivity index is 2.35. The van der Waals surface area contributed by atoms with E-state index in [0.29, 0.717) is 24.8 Å². The SMILES string of the molecule is CCc1cn([C@H]2C[C@@H](CO)[C@H](O)C2)c(=O)[nH]c1=O. The molecule has 0 amide bonds. The van der Waals surface area contributed by atoms with E-state index < -0.39 is 11.8 Å². The van der Waals surface area contributed by atoms with Crippen LogP contribution in [-0.4, -0.2) is 32.5 Å². The molecule has 1 saturated carbocycles. The number of hydrogen-bond donors (Lipinski definition) is 3. The summed E-state index contributed by atoms with van der Waals surface area (Å²) in [5.41, 5.74) is -0.250. The second kappa shape index (κ2) is 5.07. The Bertz CT molecular complexity index is 534. The van der Waals surface area contributed by atoms with E-state index >= 15 is 0 Å². The third-order valence-electron chi connectivity index (χ3n) is 3.68. The number of aromatic amines is 1. The third kappa shape index (κ3) is 2.26. The van der Waals surface area contributed by atoms with Gasteiger partial charge in [0.25, 0.3) is 5.56 Å². The second-order valence-corrected chi connectivity index (χ2v) is 4.81. The molecular weight excluding hydrogens is 236 g/mol. The first-order chi connectivity index (χ1) is 8.56. The zero-order valence-corrected chi connectivity index (χ0v) is 10.3. The van der Waals surface area contributed by atoms with E-state index in [4.69, 9.17) is 5.11 Å². The van der Waals surface area contributed by atoms with Crippen molar-refractivity contribution in [3.8, 4) is 0 Å². The van der Waals surface area contributed by atoms with Gasteiger partial charge in [-0.1, -0.05) is 6.92 Å². The van der Waals surface area contributed by atoms with Gasteiger partial charge in [-0.25, -0.2) is 4.79 Å². The van der Waals surface area contributed by atoms with Gasteiger partial charge in [-0.3, -0.25) is 14.3 Å². The fraction of sp³-hybridized carbons (Fsp3) is 0.667. The third-order valence-corrected chi connectivity index (χ3v) is 3.68. The quantitative estimate of drug-likeness (QED) is 0.671. The number of aliphatic hydroxyl groups excluding tert-OH is 2. The van der Waals surface area contributed by atoms with Gasteiger partial charge in [0, 0.05) is 30.3 Å². The van der Waals surface area contributed by atoms with E-state index in [1.54, 1.807) is 6.20 Å². The van der Waals surface area contributed by atoms with Crippen molar-refractivity contribution in [1.29, 1.82) is 0 Å². The minimum atomic E-state index is -0.594. The highest BCUT2D eigenvalue weighted by atomic mass is 16.3. The largest absolute Gasteiger partial charge is 0.396 e. The summed E-state index contributed by atoms with van der Waals surface area (Å²) in [6, 6.07) is -0.160. The van der Waals surface area contributed by atoms with Crippen molar-refractivity contribution in [3.05, 3.63) is 32.6 Å². The summed E-state index contributed by atoms with van der Waals surface area (Å²) < 4.78 is 1.47. The van der Waals surface area contributed by atoms with Crippen molar-refractivity contribution in [2.75, 3.05) is 6.61 Å². The highest BCUT2D eigenvalue weighted by molar-refractivity contribution is 5.05. The van der Waals surface area contributed by atoms with Crippen LogP contribution in [0.5, 0.6) is 0 Å². The van der Waals surface area contributed by atoms with Crippen LogP contribution in [0.2, 0.25) is 0 Å². The monoisotopic (exact) mass is 254 g/mol. The van der Waals surface area contributed by atoms with Crippen molar-refractivity contribution in [2.45, 2.75) is 38.3 Å². The molecule has 0 radical (unpaired) electrons. The lowest BCUT2D eigenvalue weighted by molar-refractivity contribution is 0.0906. The summed E-state index contributed by atoms with van der Waals surface area (Å²) in [6.07, 6.45) is 2.50. The summed E-state index contributed by atoms with van der Waals surface area (Å²) in [7, 11) is 0. The van der Waals surface area contributed by atoms with Crippen molar-refractivity contribution in [2.24, 2.45) is 5.92 Å². The molecule has 1 aliphatic rings. The minimum absolute atomic E-state index is 0.0869. The van der Waals surface area contributed by atoms with Crippen molar-refractivity contribution in [3.63, 3.8) is 0 Å². The molecule has 1 fully saturated rings. The average molecular weight is 254 g/mol. The number of aromatic nitrogens is 2. The van der Waals surface area contributed by atoms with Crippen LogP contribution in [0.4, 0.5) is 0 Å². The molecule has 0 saturated heterocycles. The van der Waals surface area contributed by atoms with E-state index in [2.05, 4.69) is 4.98 Å². The van der Waals surface area contributed by atoms with Gasteiger partial charge in [-0.05, 0) is 19.3 Å². The van der Waals surface area contributed by atoms with Crippen LogP contribution in [0.25, 0.3) is 0 Å². The topological polar surface area (TPSA) is 95.3 Å². The first-order valence-corrected chi connectivity index (χ1v) is 6.20. The van der Waals surface area contributed by atoms with Gasteiger partial charge in [0.2, 0.25) is 0 Å². The molecule has 0 aromatic carbocycles. The van der Waals surface area contributed by atoms with E-state index in [-0.39, 0.29) is 24.1 Å². The zero-order valence-electron chi connectivity index (χ0n) is 10.3. The molecule has 6 nitrogen and oxygen atoms in total. The normalized spacial score (nSPS) is 27.6. The fourth-order valence-electron chi connectivity index (χ4n) is 2.55. The van der Waals surface area contributed by atoms with Crippen molar-refractivity contribution < 1.29 is 10.2 Å². The molecule has 18 heavy (non-hydrogen) atoms. The molecule has 3 atom stereocenters. The molecule has 1 aromatic rings. The lowest BCUT2D eigenvalue weighted by Gasteiger charge is -2.14. The molecule has 1 heterocycles. The Kier molecular flexibility index (Phi) is 3.68. The summed E-state index contributed by atoms with van der Waals surface area (Å²) >= 11 is 0. The van der Waals surface area contributed by atoms with E-state index in [0.717, 1.165) is 0 Å². The molecule has 3 N–H and O–H groups in total. The molecule has 2 rings (SSSR count). The smallest absolute Gasteiger partial charge is 0.328 e. The Morgan fingerprint density at radius 2 is 2.17 bits per heavy atom. The van der Waals surface area contributed by atoms with Crippen molar-refractivity contribution in [1.82, 2.24) is 9.55 Å². The first kappa shape index (κ1) is 13.0. The summed E-state index contributed by atoms with van der Waals surface area (Å²) in [5, 5.41) is 18.9. The van der Waals surface area contributed by atoms with E-state index in [1.807, 2.05) is 6.92 Å². The lowest BCUT2D eigenvalue weighted by Crippen LogP contribution is -2.33. The number of rotatable bonds is 3. The van der Waals surface area contributed by atoms with Crippen molar-refractivity contribution >= 4 is 0 Å². The van der Waals surface area contributed by atoms with Gasteiger partial charge in [0.1, 0.15) is 0 Å². The molecular formula is C12H18N2O4. The molecule has 0 bridgehead atoms. The Labute approximate surface area is 104 Å². The first-order valence-electron chi connectivity index (χ1n) is 6.20. The molecule has 0 aliphatic heterocycles. The van der Waals surface area contributed by atoms with Gasteiger partial charge in [-0.15, -0.1) is 0 Å². The van der Waals surface area contributed by atoms with Crippen LogP contribution in [0, 0.1) is 5.92 Å². The van der Waals surface area contributed by atoms with Gasteiger partial charge in [0.15, 0.2) is 0 Å². The van der Waals surface area contributed by atoms with Crippen LogP contribution in [0.15, 0.2) is 15.8 Å². The number of H-pyrrole nitrogens is 1. The maximum absolute atomic E-state index is 11.8. The highest BCUT2D eigenvalue weighted by Gasteiger charge is 2.34. The van der Waals surface area contributed by atoms with Crippen LogP contribution in [0.3, 0.4) is 0 Å². The predicted octanol–water partition coefficient (Wildman–Crippen LogP) is -0.597. The zero-order chi connectivity index (χ0) is 13.3. The van der Waals surface area contributed by atoms with Gasteiger partial charge >= 0.3 is 5.69 Å². The van der Waals surface area contributed by atoms with E-state index in [9.17, 15) is 14.7 Å². The molecule has 1 aromatic heterocycles. The Hall–Kier alpha value is -1.40. The number of nitrogens with one attached hydrogen (secondary N) is 1. The highest BCUT2D eigenvalue weighted by Crippen LogP contribution is 2.33. The van der Waals surface area contributed by atoms with Crippen LogP contribution in [-0.2, 0) is 6.42 Å². The summed E-state index contributed by atoms with van der Waals surface area (Å²) in [5.74, 6) is -0.195. The minimum Gasteiger partial charge on any atom is -0.396 e. The predicted molar refractivity (Wildman–Crippen MR) is 65.6 cm³/mol. The van der Waals surface area contributed by atoms with Gasteiger partial charge in [-0.2, -0.15) is 0 Å². The van der Waals surface area contributed by atoms with Crippen LogP contribution < -0.4 is 11.2 Å². The Morgan fingerprint density at radius 3 is 2.72 bits per heavy atom. The molecule has 6 heteroatoms. The fourth-order valence-corrected chi connectivity index (χ4v) is 2.55. The second-order valence-electron chi connectivity index (χ2n) is 4.81. The number of nitrogens with zero attached hydrogens (tertiary/aromatic N) is 1. The summed E-state index contributed by atoms with van der Waals surface area (Å²) in [4.78, 5) is 25.5. The maximum atomic E-state index is 11.8. The maximum Gasteiger partial charge on any atom is 0.328 e. The van der Waals surface area contributed by atoms with Gasteiger partial charge < -0.3 is 10.2 Å². The molecule has 0 unspecified atom stereocenters. The van der Waals surface area contributed by atoms with Crippen LogP contribution in [0.1, 0.15) is 31.4 Å². The number of aliphatic hydroxyl groups is 2. The number of aryl methyl sites for hydroxylation is 1. The van der Waals surface area contributed by atoms with Crippen LogP contribution >= 0.6 is 0 Å². The Morgan fingerprint density at radius 1 is 1.44 bits per heavy atom. The number of hydrogen-bond acceptors (Lipinski definition) is 4. The van der Waals surface area contributed by atoms with E-state index in [1.165, 1.54) is 4.57 Å². The van der Waals surface area contributed by atoms with Gasteiger partial charge in [0.05, 0.1) is 6.10 Å². The molecule has 100 valence electrons. The molecule has 0 spiro atoms. The standard InChI is InChI=1S/C12H18N2O4/c1-2-7-5-14(12(18)13-11(7)17)9-3-8(6-15)10(16)4-9/h5,8-10,15-16H,2-4,6H2,1H3,(H,13,17,18)/t8-,9-,10+/m0/s1.